The van der Waals surface area contributed by atoms with E-state index in [1.807, 2.05) is 34.6 Å². The fraction of sp³-hybridized carbons (Fsp3) is 0.355. The molecule has 42 heavy (non-hydrogen) atoms. The monoisotopic (exact) mass is 633 g/mol. The van der Waals surface area contributed by atoms with E-state index in [-0.39, 0.29) is 22.9 Å². The van der Waals surface area contributed by atoms with Crippen molar-refractivity contribution in [2.45, 2.75) is 64.6 Å². The number of nitrogens with one attached hydrogen (secondary N) is 1. The molecule has 0 fully saturated rings. The minimum Gasteiger partial charge on any atom is -0.495 e. The predicted molar refractivity (Wildman–Crippen MR) is 168 cm³/mol. The van der Waals surface area contributed by atoms with Crippen LogP contribution in [0.4, 0.5) is 5.69 Å². The summed E-state index contributed by atoms with van der Waals surface area (Å²) in [6, 6.07) is 15.3. The van der Waals surface area contributed by atoms with Crippen LogP contribution in [-0.2, 0) is 26.2 Å². The van der Waals surface area contributed by atoms with Gasteiger partial charge in [-0.05, 0) is 89.1 Å². The zero-order valence-corrected chi connectivity index (χ0v) is 27.2. The minimum absolute atomic E-state index is 0.00952. The topological polar surface area (TPSA) is 96.0 Å². The lowest BCUT2D eigenvalue weighted by atomic mass is 10.1. The maximum Gasteiger partial charge on any atom is 0.264 e. The third-order valence-corrected chi connectivity index (χ3v) is 8.87. The highest BCUT2D eigenvalue weighted by molar-refractivity contribution is 7.92. The van der Waals surface area contributed by atoms with Crippen molar-refractivity contribution in [2.75, 3.05) is 18.0 Å². The van der Waals surface area contributed by atoms with Crippen LogP contribution in [-0.4, -0.2) is 50.4 Å². The van der Waals surface area contributed by atoms with Crippen molar-refractivity contribution in [3.8, 4) is 5.75 Å². The van der Waals surface area contributed by atoms with Crippen molar-refractivity contribution in [1.29, 1.82) is 0 Å². The molecule has 3 aromatic rings. The molecule has 0 heterocycles. The largest absolute Gasteiger partial charge is 0.495 e. The number of ether oxygens (including phenoxy) is 1. The van der Waals surface area contributed by atoms with Crippen molar-refractivity contribution in [3.05, 3.63) is 87.4 Å². The number of halogens is 2. The van der Waals surface area contributed by atoms with Crippen LogP contribution in [0.5, 0.6) is 5.75 Å². The summed E-state index contributed by atoms with van der Waals surface area (Å²) in [4.78, 5) is 28.8. The molecule has 11 heteroatoms. The molecule has 1 N–H and O–H groups in total. The average Bonchev–Trinajstić information content (AvgIpc) is 2.90. The summed E-state index contributed by atoms with van der Waals surface area (Å²) in [6.07, 6.45) is 0. The molecule has 226 valence electrons. The molecular formula is C31H37Cl2N3O5S. The lowest BCUT2D eigenvalue weighted by molar-refractivity contribution is -0.140. The molecule has 0 aliphatic heterocycles. The van der Waals surface area contributed by atoms with Crippen LogP contribution in [0.3, 0.4) is 0 Å². The molecular weight excluding hydrogens is 597 g/mol. The highest BCUT2D eigenvalue weighted by Crippen LogP contribution is 2.34. The highest BCUT2D eigenvalue weighted by Gasteiger charge is 2.34. The van der Waals surface area contributed by atoms with Gasteiger partial charge in [-0.3, -0.25) is 13.9 Å². The molecule has 3 aromatic carbocycles. The van der Waals surface area contributed by atoms with Crippen molar-refractivity contribution < 1.29 is 22.7 Å². The first-order valence-electron chi connectivity index (χ1n) is 13.3. The number of anilines is 1. The molecule has 0 saturated carbocycles. The van der Waals surface area contributed by atoms with E-state index in [1.165, 1.54) is 24.1 Å². The van der Waals surface area contributed by atoms with Gasteiger partial charge in [-0.15, -0.1) is 0 Å². The summed E-state index contributed by atoms with van der Waals surface area (Å²) in [6.45, 7) is 10.1. The number of carbonyl (C=O) groups is 2. The predicted octanol–water partition coefficient (Wildman–Crippen LogP) is 6.15. The Balaban J connectivity index is 2.13. The molecule has 0 aliphatic rings. The van der Waals surface area contributed by atoms with Gasteiger partial charge in [-0.25, -0.2) is 8.42 Å². The molecule has 0 aliphatic carbocycles. The molecule has 2 amide bonds. The first kappa shape index (κ1) is 33.2. The van der Waals surface area contributed by atoms with Gasteiger partial charge in [0, 0.05) is 22.1 Å². The number of hydrogen-bond donors (Lipinski definition) is 1. The Morgan fingerprint density at radius 2 is 1.57 bits per heavy atom. The van der Waals surface area contributed by atoms with E-state index in [0.717, 1.165) is 15.4 Å². The third kappa shape index (κ3) is 8.18. The van der Waals surface area contributed by atoms with Crippen LogP contribution in [0, 0.1) is 13.8 Å². The first-order chi connectivity index (χ1) is 19.5. The fourth-order valence-corrected chi connectivity index (χ4v) is 6.12. The van der Waals surface area contributed by atoms with Gasteiger partial charge in [0.15, 0.2) is 0 Å². The van der Waals surface area contributed by atoms with Crippen LogP contribution in [0.25, 0.3) is 0 Å². The molecule has 0 bridgehead atoms. The lowest BCUT2D eigenvalue weighted by Crippen LogP contribution is -2.54. The lowest BCUT2D eigenvalue weighted by Gasteiger charge is -2.34. The zero-order chi connectivity index (χ0) is 31.4. The summed E-state index contributed by atoms with van der Waals surface area (Å²) in [7, 11) is -2.82. The Bertz CT molecular complexity index is 1550. The van der Waals surface area contributed by atoms with E-state index < -0.39 is 40.0 Å². The summed E-state index contributed by atoms with van der Waals surface area (Å²) in [5, 5.41) is 3.63. The Hall–Kier alpha value is -3.27. The second kappa shape index (κ2) is 13.4. The Kier molecular flexibility index (Phi) is 10.6. The summed E-state index contributed by atoms with van der Waals surface area (Å²) in [5.74, 6) is -0.742. The van der Waals surface area contributed by atoms with Gasteiger partial charge in [0.2, 0.25) is 11.8 Å². The van der Waals surface area contributed by atoms with Gasteiger partial charge in [0.1, 0.15) is 18.3 Å². The number of sulfonamides is 1. The Labute approximate surface area is 258 Å². The number of nitrogens with zero attached hydrogens (tertiary/aromatic N) is 2. The van der Waals surface area contributed by atoms with E-state index >= 15 is 0 Å². The Morgan fingerprint density at radius 3 is 2.14 bits per heavy atom. The number of methoxy groups -OCH3 is 1. The second-order valence-electron chi connectivity index (χ2n) is 11.2. The van der Waals surface area contributed by atoms with Crippen molar-refractivity contribution in [2.24, 2.45) is 0 Å². The van der Waals surface area contributed by atoms with E-state index in [2.05, 4.69) is 5.32 Å². The highest BCUT2D eigenvalue weighted by atomic mass is 35.5. The van der Waals surface area contributed by atoms with E-state index in [4.69, 9.17) is 27.9 Å². The molecule has 0 saturated heterocycles. The minimum atomic E-state index is -4.25. The molecule has 8 nitrogen and oxygen atoms in total. The zero-order valence-electron chi connectivity index (χ0n) is 24.9. The maximum absolute atomic E-state index is 14.2. The van der Waals surface area contributed by atoms with E-state index in [9.17, 15) is 18.0 Å². The number of carbonyl (C=O) groups excluding carboxylic acids is 2. The number of benzene rings is 3. The maximum atomic E-state index is 14.2. The standard InChI is InChI=1S/C31H37Cl2N3O5S/c1-20-8-13-25(14-9-20)42(39,40)36(27-16-21(2)10-15-28(27)41-7)19-29(37)35(22(3)30(38)34-31(4,5)6)18-23-11-12-24(32)17-26(23)33/h8-17,22H,18-19H2,1-7H3,(H,34,38)/t22-/m0/s1. The van der Waals surface area contributed by atoms with Gasteiger partial charge < -0.3 is 15.0 Å². The summed E-state index contributed by atoms with van der Waals surface area (Å²) < 4.78 is 34.8. The van der Waals surface area contributed by atoms with Crippen molar-refractivity contribution >= 4 is 50.7 Å². The van der Waals surface area contributed by atoms with Gasteiger partial charge >= 0.3 is 0 Å². The third-order valence-electron chi connectivity index (χ3n) is 6.51. The van der Waals surface area contributed by atoms with Gasteiger partial charge in [-0.2, -0.15) is 0 Å². The number of rotatable bonds is 10. The molecule has 1 atom stereocenters. The van der Waals surface area contributed by atoms with Crippen LogP contribution in [0.1, 0.15) is 44.4 Å². The van der Waals surface area contributed by atoms with Crippen LogP contribution >= 0.6 is 23.2 Å². The fourth-order valence-electron chi connectivity index (χ4n) is 4.24. The molecule has 0 unspecified atom stereocenters. The summed E-state index contributed by atoms with van der Waals surface area (Å²) >= 11 is 12.5. The SMILES string of the molecule is COc1ccc(C)cc1N(CC(=O)N(Cc1ccc(Cl)cc1Cl)[C@@H](C)C(=O)NC(C)(C)C)S(=O)(=O)c1ccc(C)cc1. The van der Waals surface area contributed by atoms with Crippen LogP contribution < -0.4 is 14.4 Å². The van der Waals surface area contributed by atoms with Crippen molar-refractivity contribution in [1.82, 2.24) is 10.2 Å². The molecule has 0 aromatic heterocycles. The smallest absolute Gasteiger partial charge is 0.264 e. The van der Waals surface area contributed by atoms with Gasteiger partial charge in [-0.1, -0.05) is 53.0 Å². The van der Waals surface area contributed by atoms with Gasteiger partial charge in [0.25, 0.3) is 10.0 Å². The van der Waals surface area contributed by atoms with E-state index in [1.54, 1.807) is 55.5 Å². The number of amides is 2. The quantitative estimate of drug-likeness (QED) is 0.289. The summed E-state index contributed by atoms with van der Waals surface area (Å²) in [5.41, 5.74) is 1.83. The molecule has 3 rings (SSSR count). The van der Waals surface area contributed by atoms with Crippen LogP contribution in [0.15, 0.2) is 65.6 Å². The first-order valence-corrected chi connectivity index (χ1v) is 15.5. The van der Waals surface area contributed by atoms with Gasteiger partial charge in [0.05, 0.1) is 17.7 Å². The second-order valence-corrected chi connectivity index (χ2v) is 13.9. The molecule has 0 spiro atoms. The average molecular weight is 635 g/mol. The van der Waals surface area contributed by atoms with E-state index in [0.29, 0.717) is 15.6 Å². The number of aryl methyl sites for hydroxylation is 2. The Morgan fingerprint density at radius 1 is 0.952 bits per heavy atom. The normalized spacial score (nSPS) is 12.4. The van der Waals surface area contributed by atoms with Crippen LogP contribution in [0.2, 0.25) is 10.0 Å². The molecule has 0 radical (unpaired) electrons. The number of hydrogen-bond acceptors (Lipinski definition) is 5. The van der Waals surface area contributed by atoms with Crippen molar-refractivity contribution in [3.63, 3.8) is 0 Å².